The van der Waals surface area contributed by atoms with Crippen molar-refractivity contribution in [2.75, 3.05) is 0 Å². The summed E-state index contributed by atoms with van der Waals surface area (Å²) in [5.74, 6) is 0.0642. The molecule has 0 amide bonds. The number of thiophene rings is 2. The van der Waals surface area contributed by atoms with Crippen LogP contribution in [0.3, 0.4) is 0 Å². The van der Waals surface area contributed by atoms with E-state index in [0.29, 0.717) is 0 Å². The number of ketones is 2. The molecule has 170 valence electrons. The number of rotatable bonds is 1. The Morgan fingerprint density at radius 1 is 0.472 bits per heavy atom. The van der Waals surface area contributed by atoms with E-state index in [4.69, 9.17) is 0 Å². The summed E-state index contributed by atoms with van der Waals surface area (Å²) in [4.78, 5) is 29.2. The minimum Gasteiger partial charge on any atom is -0.288 e. The van der Waals surface area contributed by atoms with Gasteiger partial charge in [-0.15, -0.1) is 22.7 Å². The average Bonchev–Trinajstić information content (AvgIpc) is 3.50. The van der Waals surface area contributed by atoms with Gasteiger partial charge in [0, 0.05) is 32.4 Å². The third-order valence-electron chi connectivity index (χ3n) is 7.72. The average molecular weight is 499 g/mol. The maximum absolute atomic E-state index is 13.8. The maximum atomic E-state index is 13.8. The van der Waals surface area contributed by atoms with Crippen LogP contribution in [-0.4, -0.2) is 11.6 Å². The molecule has 0 bridgehead atoms. The minimum absolute atomic E-state index is 0.0731. The summed E-state index contributed by atoms with van der Waals surface area (Å²) in [5, 5.41) is 2.28. The van der Waals surface area contributed by atoms with Gasteiger partial charge in [0.15, 0.2) is 0 Å². The van der Waals surface area contributed by atoms with Gasteiger partial charge in [-0.05, 0) is 45.2 Å². The zero-order chi connectivity index (χ0) is 24.0. The first kappa shape index (κ1) is 20.3. The van der Waals surface area contributed by atoms with Crippen LogP contribution in [0.1, 0.15) is 64.6 Å². The lowest BCUT2D eigenvalue weighted by atomic mass is 9.65. The molecule has 8 rings (SSSR count). The molecule has 36 heavy (non-hydrogen) atoms. The third-order valence-corrected chi connectivity index (χ3v) is 10.1. The fraction of sp³-hybridized carbons (Fsp3) is 0.0625. The van der Waals surface area contributed by atoms with Crippen molar-refractivity contribution in [1.82, 2.24) is 0 Å². The summed E-state index contributed by atoms with van der Waals surface area (Å²) in [6.45, 7) is 0. The molecule has 2 nitrogen and oxygen atoms in total. The Bertz CT molecular complexity index is 1770. The highest BCUT2D eigenvalue weighted by molar-refractivity contribution is 7.21. The van der Waals surface area contributed by atoms with Crippen LogP contribution in [-0.2, 0) is 0 Å². The van der Waals surface area contributed by atoms with Gasteiger partial charge in [-0.2, -0.15) is 0 Å². The Kier molecular flexibility index (Phi) is 4.14. The molecule has 0 saturated carbocycles. The molecule has 2 atom stereocenters. The molecule has 0 saturated heterocycles. The molecule has 6 aromatic rings. The van der Waals surface area contributed by atoms with Gasteiger partial charge in [0.25, 0.3) is 0 Å². The number of carbonyl (C=O) groups excluding carboxylic acids is 2. The molecule has 0 fully saturated rings. The monoisotopic (exact) mass is 498 g/mol. The largest absolute Gasteiger partial charge is 0.288 e. The van der Waals surface area contributed by atoms with Crippen LogP contribution in [0.15, 0.2) is 97.1 Å². The van der Waals surface area contributed by atoms with Crippen molar-refractivity contribution in [3.8, 4) is 0 Å². The van der Waals surface area contributed by atoms with Crippen LogP contribution in [0.5, 0.6) is 0 Å². The van der Waals surface area contributed by atoms with Gasteiger partial charge in [-0.25, -0.2) is 0 Å². The molecule has 0 N–H and O–H groups in total. The van der Waals surface area contributed by atoms with Crippen molar-refractivity contribution in [3.05, 3.63) is 140 Å². The van der Waals surface area contributed by atoms with Gasteiger partial charge >= 0.3 is 0 Å². The Balaban J connectivity index is 1.54. The molecule has 0 spiro atoms. The standard InChI is InChI=1S/C32H18O2S2/c33-29-19-11-3-1-9-17(19)25(27-21-13-5-7-15-23(21)35-31(27)29)26-18-10-2-4-12-20(18)30(34)32-28(26)22-14-6-8-16-24(22)36-32/h1-16,25-26H. The summed E-state index contributed by atoms with van der Waals surface area (Å²) in [6, 6.07) is 32.8. The van der Waals surface area contributed by atoms with Crippen LogP contribution < -0.4 is 0 Å². The highest BCUT2D eigenvalue weighted by Gasteiger charge is 2.44. The summed E-state index contributed by atoms with van der Waals surface area (Å²) in [5.41, 5.74) is 5.86. The van der Waals surface area contributed by atoms with E-state index < -0.39 is 0 Å². The number of fused-ring (bicyclic) bond motifs is 8. The third kappa shape index (κ3) is 2.55. The lowest BCUT2D eigenvalue weighted by molar-refractivity contribution is 0.102. The van der Waals surface area contributed by atoms with E-state index in [9.17, 15) is 9.59 Å². The van der Waals surface area contributed by atoms with Gasteiger partial charge in [0.2, 0.25) is 11.6 Å². The highest BCUT2D eigenvalue weighted by Crippen LogP contribution is 2.57. The summed E-state index contributed by atoms with van der Waals surface area (Å²) in [7, 11) is 0. The molecular weight excluding hydrogens is 480 g/mol. The van der Waals surface area contributed by atoms with E-state index in [1.54, 1.807) is 22.7 Å². The number of hydrogen-bond donors (Lipinski definition) is 0. The van der Waals surface area contributed by atoms with E-state index >= 15 is 0 Å². The van der Waals surface area contributed by atoms with Gasteiger partial charge in [0.05, 0.1) is 9.75 Å². The topological polar surface area (TPSA) is 34.1 Å². The SMILES string of the molecule is O=C1c2ccccc2C(C2c3ccccc3C(=O)c3sc4ccccc4c32)c2c1sc1ccccc21. The molecule has 2 aliphatic carbocycles. The number of hydrogen-bond acceptors (Lipinski definition) is 4. The smallest absolute Gasteiger partial charge is 0.203 e. The van der Waals surface area contributed by atoms with Crippen molar-refractivity contribution >= 4 is 54.4 Å². The number of benzene rings is 4. The molecular formula is C32H18O2S2. The first-order chi connectivity index (χ1) is 17.7. The Labute approximate surface area is 215 Å². The highest BCUT2D eigenvalue weighted by atomic mass is 32.1. The second-order valence-electron chi connectivity index (χ2n) is 9.47. The van der Waals surface area contributed by atoms with Crippen LogP contribution in [0.25, 0.3) is 20.2 Å². The molecule has 0 radical (unpaired) electrons. The van der Waals surface area contributed by atoms with Gasteiger partial charge in [0.1, 0.15) is 0 Å². The van der Waals surface area contributed by atoms with E-state index in [1.807, 2.05) is 48.5 Å². The molecule has 4 aromatic carbocycles. The van der Waals surface area contributed by atoms with E-state index in [0.717, 1.165) is 63.3 Å². The fourth-order valence-corrected chi connectivity index (χ4v) is 8.69. The Morgan fingerprint density at radius 3 is 1.33 bits per heavy atom. The van der Waals surface area contributed by atoms with E-state index in [-0.39, 0.29) is 23.4 Å². The molecule has 0 aliphatic heterocycles. The van der Waals surface area contributed by atoms with Crippen LogP contribution in [0.2, 0.25) is 0 Å². The zero-order valence-electron chi connectivity index (χ0n) is 19.0. The lowest BCUT2D eigenvalue weighted by Gasteiger charge is -2.36. The van der Waals surface area contributed by atoms with E-state index in [1.165, 1.54) is 0 Å². The van der Waals surface area contributed by atoms with E-state index in [2.05, 4.69) is 48.5 Å². The van der Waals surface area contributed by atoms with Crippen molar-refractivity contribution in [2.45, 2.75) is 11.8 Å². The Hall–Kier alpha value is -3.86. The van der Waals surface area contributed by atoms with Gasteiger partial charge in [-0.3, -0.25) is 9.59 Å². The normalized spacial score (nSPS) is 18.1. The second kappa shape index (κ2) is 7.33. The quantitative estimate of drug-likeness (QED) is 0.229. The van der Waals surface area contributed by atoms with Crippen LogP contribution in [0, 0.1) is 0 Å². The molecule has 2 aromatic heterocycles. The van der Waals surface area contributed by atoms with Gasteiger partial charge in [-0.1, -0.05) is 84.9 Å². The first-order valence-electron chi connectivity index (χ1n) is 12.0. The summed E-state index contributed by atoms with van der Waals surface area (Å²) < 4.78 is 2.26. The predicted octanol–water partition coefficient (Wildman–Crippen LogP) is 8.17. The number of carbonyl (C=O) groups is 2. The maximum Gasteiger partial charge on any atom is 0.203 e. The molecule has 2 unspecified atom stereocenters. The second-order valence-corrected chi connectivity index (χ2v) is 11.6. The molecule has 4 heteroatoms. The zero-order valence-corrected chi connectivity index (χ0v) is 20.7. The molecule has 2 heterocycles. The summed E-state index contributed by atoms with van der Waals surface area (Å²) >= 11 is 3.19. The lowest BCUT2D eigenvalue weighted by Crippen LogP contribution is -2.27. The first-order valence-corrected chi connectivity index (χ1v) is 13.7. The van der Waals surface area contributed by atoms with Crippen molar-refractivity contribution in [3.63, 3.8) is 0 Å². The van der Waals surface area contributed by atoms with Crippen molar-refractivity contribution in [2.24, 2.45) is 0 Å². The summed E-state index contributed by atoms with van der Waals surface area (Å²) in [6.07, 6.45) is 0. The minimum atomic E-state index is -0.0731. The predicted molar refractivity (Wildman–Crippen MR) is 147 cm³/mol. The Morgan fingerprint density at radius 2 is 0.861 bits per heavy atom. The van der Waals surface area contributed by atoms with Crippen molar-refractivity contribution < 1.29 is 9.59 Å². The fourth-order valence-electron chi connectivity index (χ4n) is 6.28. The van der Waals surface area contributed by atoms with Crippen LogP contribution >= 0.6 is 22.7 Å². The van der Waals surface area contributed by atoms with Crippen LogP contribution in [0.4, 0.5) is 0 Å². The van der Waals surface area contributed by atoms with Crippen molar-refractivity contribution in [1.29, 1.82) is 0 Å². The van der Waals surface area contributed by atoms with Gasteiger partial charge < -0.3 is 0 Å². The molecule has 2 aliphatic rings.